The summed E-state index contributed by atoms with van der Waals surface area (Å²) in [7, 11) is 0. The summed E-state index contributed by atoms with van der Waals surface area (Å²) >= 11 is 16.7. The molecule has 0 spiro atoms. The summed E-state index contributed by atoms with van der Waals surface area (Å²) in [5.74, 6) is 0.0236. The molecule has 0 aliphatic heterocycles. The van der Waals surface area contributed by atoms with E-state index >= 15 is 0 Å². The Bertz CT molecular complexity index is 647. The molecule has 104 valence electrons. The molecule has 6 nitrogen and oxygen atoms in total. The molecule has 0 aliphatic rings. The number of benzene rings is 1. The van der Waals surface area contributed by atoms with Gasteiger partial charge in [-0.2, -0.15) is 0 Å². The third-order valence-corrected chi connectivity index (χ3v) is 2.69. The zero-order valence-electron chi connectivity index (χ0n) is 9.66. The number of alkyl halides is 3. The molecule has 0 saturated heterocycles. The average Bonchev–Trinajstić information content (AvgIpc) is 2.85. The van der Waals surface area contributed by atoms with E-state index in [-0.39, 0.29) is 17.5 Å². The molecule has 0 amide bonds. The van der Waals surface area contributed by atoms with Gasteiger partial charge in [0.05, 0.1) is 4.92 Å². The molecule has 1 aromatic heterocycles. The minimum Gasteiger partial charge on any atom is -0.417 e. The molecule has 2 aromatic rings. The molecule has 0 aliphatic carbocycles. The fourth-order valence-corrected chi connectivity index (χ4v) is 1.52. The molecular formula is C11H6Cl3N3O3. The Hall–Kier alpha value is -1.63. The van der Waals surface area contributed by atoms with Gasteiger partial charge in [0.15, 0.2) is 0 Å². The van der Waals surface area contributed by atoms with Crippen LogP contribution in [0.5, 0.6) is 0 Å². The molecule has 9 heteroatoms. The number of rotatable bonds is 3. The molecule has 0 N–H and O–H groups in total. The topological polar surface area (TPSA) is 82.1 Å². The largest absolute Gasteiger partial charge is 0.417 e. The molecule has 1 aromatic carbocycles. The van der Waals surface area contributed by atoms with Crippen LogP contribution in [0.25, 0.3) is 12.2 Å². The van der Waals surface area contributed by atoms with Crippen molar-refractivity contribution in [2.24, 2.45) is 0 Å². The highest BCUT2D eigenvalue weighted by atomic mass is 35.6. The predicted molar refractivity (Wildman–Crippen MR) is 75.6 cm³/mol. The number of aromatic nitrogens is 2. The van der Waals surface area contributed by atoms with Gasteiger partial charge in [-0.1, -0.05) is 34.8 Å². The molecular weight excluding hydrogens is 328 g/mol. The summed E-state index contributed by atoms with van der Waals surface area (Å²) in [5.41, 5.74) is 0.739. The van der Waals surface area contributed by atoms with Crippen LogP contribution in [0.1, 0.15) is 17.3 Å². The van der Waals surface area contributed by atoms with Gasteiger partial charge in [-0.25, -0.2) is 0 Å². The van der Waals surface area contributed by atoms with E-state index < -0.39 is 8.72 Å². The first-order chi connectivity index (χ1) is 9.36. The number of halogens is 3. The van der Waals surface area contributed by atoms with Gasteiger partial charge in [-0.05, 0) is 23.8 Å². The number of non-ortho nitro benzene ring substituents is 1. The molecule has 0 radical (unpaired) electrons. The average molecular weight is 335 g/mol. The lowest BCUT2D eigenvalue weighted by Crippen LogP contribution is -1.99. The van der Waals surface area contributed by atoms with Crippen molar-refractivity contribution in [2.75, 3.05) is 0 Å². The first kappa shape index (κ1) is 14.8. The van der Waals surface area contributed by atoms with E-state index in [1.807, 2.05) is 0 Å². The Morgan fingerprint density at radius 1 is 1.15 bits per heavy atom. The molecule has 0 unspecified atom stereocenters. The van der Waals surface area contributed by atoms with E-state index in [2.05, 4.69) is 10.2 Å². The quantitative estimate of drug-likeness (QED) is 0.482. The highest BCUT2D eigenvalue weighted by molar-refractivity contribution is 6.66. The molecule has 20 heavy (non-hydrogen) atoms. The van der Waals surface area contributed by atoms with Gasteiger partial charge in [0.2, 0.25) is 5.89 Å². The van der Waals surface area contributed by atoms with E-state index in [9.17, 15) is 10.1 Å². The van der Waals surface area contributed by atoms with Crippen molar-refractivity contribution in [3.05, 3.63) is 51.7 Å². The second kappa shape index (κ2) is 5.78. The van der Waals surface area contributed by atoms with Gasteiger partial charge in [0, 0.05) is 18.2 Å². The molecule has 0 bridgehead atoms. The van der Waals surface area contributed by atoms with Crippen LogP contribution in [0.3, 0.4) is 0 Å². The number of nitrogens with zero attached hydrogens (tertiary/aromatic N) is 3. The highest BCUT2D eigenvalue weighted by Gasteiger charge is 2.29. The number of hydrogen-bond donors (Lipinski definition) is 0. The summed E-state index contributed by atoms with van der Waals surface area (Å²) < 4.78 is 3.35. The van der Waals surface area contributed by atoms with Gasteiger partial charge in [-0.15, -0.1) is 10.2 Å². The van der Waals surface area contributed by atoms with Crippen molar-refractivity contribution in [1.82, 2.24) is 10.2 Å². The van der Waals surface area contributed by atoms with E-state index in [1.54, 1.807) is 18.2 Å². The van der Waals surface area contributed by atoms with Crippen molar-refractivity contribution in [3.63, 3.8) is 0 Å². The van der Waals surface area contributed by atoms with Gasteiger partial charge >= 0.3 is 0 Å². The van der Waals surface area contributed by atoms with Gasteiger partial charge in [0.1, 0.15) is 0 Å². The summed E-state index contributed by atoms with van der Waals surface area (Å²) in [6.07, 6.45) is 3.15. The van der Waals surface area contributed by atoms with Gasteiger partial charge in [0.25, 0.3) is 15.4 Å². The van der Waals surface area contributed by atoms with Crippen LogP contribution in [0, 0.1) is 10.1 Å². The Labute approximate surface area is 128 Å². The van der Waals surface area contributed by atoms with Crippen molar-refractivity contribution in [1.29, 1.82) is 0 Å². The lowest BCUT2D eigenvalue weighted by molar-refractivity contribution is -0.384. The van der Waals surface area contributed by atoms with Gasteiger partial charge in [-0.3, -0.25) is 10.1 Å². The second-order valence-corrected chi connectivity index (χ2v) is 5.91. The van der Waals surface area contributed by atoms with Crippen LogP contribution in [0.4, 0.5) is 5.69 Å². The highest BCUT2D eigenvalue weighted by Crippen LogP contribution is 2.37. The molecule has 2 rings (SSSR count). The standard InChI is InChI=1S/C11H6Cl3N3O3/c12-11(13,14)10-16-15-9(20-10)6-3-7-1-4-8(5-2-7)17(18)19/h1-6H. The predicted octanol–water partition coefficient (Wildman–Crippen LogP) is 3.97. The van der Waals surface area contributed by atoms with Crippen LogP contribution in [-0.2, 0) is 3.79 Å². The number of nitro groups is 1. The minimum absolute atomic E-state index is 0.0124. The third-order valence-electron chi connectivity index (χ3n) is 2.21. The van der Waals surface area contributed by atoms with E-state index in [0.717, 1.165) is 5.56 Å². The Balaban J connectivity index is 2.13. The summed E-state index contributed by atoms with van der Waals surface area (Å²) in [6.45, 7) is 0. The first-order valence-corrected chi connectivity index (χ1v) is 6.33. The molecule has 0 atom stereocenters. The molecule has 0 fully saturated rings. The lowest BCUT2D eigenvalue weighted by atomic mass is 10.2. The number of hydrogen-bond acceptors (Lipinski definition) is 5. The Morgan fingerprint density at radius 2 is 1.80 bits per heavy atom. The SMILES string of the molecule is O=[N+]([O-])c1ccc(C=Cc2nnc(C(Cl)(Cl)Cl)o2)cc1. The maximum atomic E-state index is 10.5. The summed E-state index contributed by atoms with van der Waals surface area (Å²) in [6, 6.07) is 5.95. The van der Waals surface area contributed by atoms with E-state index in [1.165, 1.54) is 18.2 Å². The zero-order valence-corrected chi connectivity index (χ0v) is 11.9. The molecule has 1 heterocycles. The van der Waals surface area contributed by atoms with Gasteiger partial charge < -0.3 is 4.42 Å². The van der Waals surface area contributed by atoms with Crippen LogP contribution < -0.4 is 0 Å². The Kier molecular flexibility index (Phi) is 4.27. The van der Waals surface area contributed by atoms with Crippen molar-refractivity contribution >= 4 is 52.6 Å². The van der Waals surface area contributed by atoms with E-state index in [0.29, 0.717) is 0 Å². The van der Waals surface area contributed by atoms with Crippen LogP contribution in [-0.4, -0.2) is 15.1 Å². The normalized spacial score (nSPS) is 11.9. The smallest absolute Gasteiger partial charge is 0.269 e. The van der Waals surface area contributed by atoms with Crippen molar-refractivity contribution in [2.45, 2.75) is 3.79 Å². The summed E-state index contributed by atoms with van der Waals surface area (Å²) in [4.78, 5) is 10.0. The Morgan fingerprint density at radius 3 is 2.30 bits per heavy atom. The maximum absolute atomic E-state index is 10.5. The van der Waals surface area contributed by atoms with Crippen LogP contribution in [0.2, 0.25) is 0 Å². The van der Waals surface area contributed by atoms with Crippen molar-refractivity contribution < 1.29 is 9.34 Å². The lowest BCUT2D eigenvalue weighted by Gasteiger charge is -2.01. The third kappa shape index (κ3) is 3.69. The fourth-order valence-electron chi connectivity index (χ4n) is 1.29. The first-order valence-electron chi connectivity index (χ1n) is 5.19. The maximum Gasteiger partial charge on any atom is 0.269 e. The van der Waals surface area contributed by atoms with E-state index in [4.69, 9.17) is 39.2 Å². The fraction of sp³-hybridized carbons (Fsp3) is 0.0909. The monoisotopic (exact) mass is 333 g/mol. The zero-order chi connectivity index (χ0) is 14.8. The second-order valence-electron chi connectivity index (χ2n) is 3.63. The van der Waals surface area contributed by atoms with Crippen LogP contribution >= 0.6 is 34.8 Å². The number of nitro benzene ring substituents is 1. The van der Waals surface area contributed by atoms with Crippen molar-refractivity contribution in [3.8, 4) is 0 Å². The van der Waals surface area contributed by atoms with Crippen LogP contribution in [0.15, 0.2) is 28.7 Å². The summed E-state index contributed by atoms with van der Waals surface area (Å²) in [5, 5.41) is 17.8. The molecule has 0 saturated carbocycles. The minimum atomic E-state index is -1.77.